The Bertz CT molecular complexity index is 1050. The van der Waals surface area contributed by atoms with Crippen LogP contribution in [0.5, 0.6) is 0 Å². The summed E-state index contributed by atoms with van der Waals surface area (Å²) in [6.45, 7) is 0.0213. The minimum Gasteiger partial charge on any atom is -0.392 e. The first kappa shape index (κ1) is 22.2. The Morgan fingerprint density at radius 1 is 1.07 bits per heavy atom. The zero-order valence-electron chi connectivity index (χ0n) is 15.6. The number of anilines is 1. The lowest BCUT2D eigenvalue weighted by Gasteiger charge is -2.27. The highest BCUT2D eigenvalue weighted by molar-refractivity contribution is 7.89. The SMILES string of the molecule is O=C(Nc1ccc(F)c(F)c1)c1ccc(F)c(S(=O)(=O)N2CCOCCC(O)C2)c1. The van der Waals surface area contributed by atoms with Crippen LogP contribution in [0.1, 0.15) is 16.8 Å². The van der Waals surface area contributed by atoms with E-state index >= 15 is 0 Å². The van der Waals surface area contributed by atoms with Crippen molar-refractivity contribution in [3.63, 3.8) is 0 Å². The molecule has 1 atom stereocenters. The van der Waals surface area contributed by atoms with Gasteiger partial charge in [0, 0.05) is 37.0 Å². The first-order valence-corrected chi connectivity index (χ1v) is 10.4. The van der Waals surface area contributed by atoms with Gasteiger partial charge in [0.25, 0.3) is 5.91 Å². The number of aliphatic hydroxyl groups excluding tert-OH is 1. The highest BCUT2D eigenvalue weighted by Gasteiger charge is 2.31. The number of aliphatic hydroxyl groups is 1. The Morgan fingerprint density at radius 2 is 1.80 bits per heavy atom. The molecular formula is C19H19F3N2O5S. The van der Waals surface area contributed by atoms with E-state index in [0.29, 0.717) is 0 Å². The summed E-state index contributed by atoms with van der Waals surface area (Å²) < 4.78 is 72.7. The molecule has 7 nitrogen and oxygen atoms in total. The summed E-state index contributed by atoms with van der Waals surface area (Å²) in [6.07, 6.45) is -0.756. The Hall–Kier alpha value is -2.47. The number of amides is 1. The topological polar surface area (TPSA) is 95.9 Å². The van der Waals surface area contributed by atoms with Gasteiger partial charge in [-0.15, -0.1) is 0 Å². The average Bonchev–Trinajstić information content (AvgIpc) is 2.67. The monoisotopic (exact) mass is 444 g/mol. The smallest absolute Gasteiger partial charge is 0.255 e. The van der Waals surface area contributed by atoms with Crippen LogP contribution in [0.4, 0.5) is 18.9 Å². The van der Waals surface area contributed by atoms with E-state index in [1.807, 2.05) is 0 Å². The van der Waals surface area contributed by atoms with Gasteiger partial charge in [0.2, 0.25) is 10.0 Å². The molecule has 30 heavy (non-hydrogen) atoms. The van der Waals surface area contributed by atoms with Crippen molar-refractivity contribution >= 4 is 21.6 Å². The zero-order valence-corrected chi connectivity index (χ0v) is 16.5. The van der Waals surface area contributed by atoms with E-state index in [-0.39, 0.29) is 44.0 Å². The van der Waals surface area contributed by atoms with Gasteiger partial charge in [-0.3, -0.25) is 4.79 Å². The highest BCUT2D eigenvalue weighted by Crippen LogP contribution is 2.23. The molecule has 2 N–H and O–H groups in total. The molecule has 3 rings (SSSR count). The molecular weight excluding hydrogens is 425 g/mol. The molecule has 0 spiro atoms. The summed E-state index contributed by atoms with van der Waals surface area (Å²) >= 11 is 0. The fraction of sp³-hybridized carbons (Fsp3) is 0.316. The van der Waals surface area contributed by atoms with E-state index in [1.165, 1.54) is 0 Å². The van der Waals surface area contributed by atoms with Gasteiger partial charge in [-0.1, -0.05) is 0 Å². The normalized spacial score (nSPS) is 18.5. The second-order valence-electron chi connectivity index (χ2n) is 6.65. The van der Waals surface area contributed by atoms with Gasteiger partial charge in [-0.05, 0) is 36.8 Å². The van der Waals surface area contributed by atoms with Gasteiger partial charge < -0.3 is 15.2 Å². The molecule has 1 heterocycles. The summed E-state index contributed by atoms with van der Waals surface area (Å²) in [5.74, 6) is -4.18. The standard InChI is InChI=1S/C19H19F3N2O5S/c20-15-4-2-13(10-17(15)22)23-19(26)12-1-3-16(21)18(9-12)30(27,28)24-6-8-29-7-5-14(25)11-24/h1-4,9-10,14,25H,5-8,11H2,(H,23,26). The van der Waals surface area contributed by atoms with E-state index in [4.69, 9.17) is 4.74 Å². The van der Waals surface area contributed by atoms with Crippen LogP contribution in [0, 0.1) is 17.5 Å². The number of hydrogen-bond acceptors (Lipinski definition) is 5. The molecule has 11 heteroatoms. The number of hydrogen-bond donors (Lipinski definition) is 2. The summed E-state index contributed by atoms with van der Waals surface area (Å²) in [7, 11) is -4.38. The van der Waals surface area contributed by atoms with Gasteiger partial charge in [0.15, 0.2) is 11.6 Å². The Labute approximate surface area is 171 Å². The van der Waals surface area contributed by atoms with Gasteiger partial charge in [-0.25, -0.2) is 21.6 Å². The van der Waals surface area contributed by atoms with Gasteiger partial charge in [-0.2, -0.15) is 4.31 Å². The molecule has 0 aliphatic carbocycles. The fourth-order valence-electron chi connectivity index (χ4n) is 2.88. The van der Waals surface area contributed by atoms with Crippen LogP contribution in [0.3, 0.4) is 0 Å². The summed E-state index contributed by atoms with van der Waals surface area (Å²) in [5.41, 5.74) is -0.264. The molecule has 1 amide bonds. The second-order valence-corrected chi connectivity index (χ2v) is 8.55. The lowest BCUT2D eigenvalue weighted by Crippen LogP contribution is -2.42. The van der Waals surface area contributed by atoms with Crippen molar-refractivity contribution < 1.29 is 36.2 Å². The molecule has 0 radical (unpaired) electrons. The number of carbonyl (C=O) groups is 1. The van der Waals surface area contributed by atoms with Crippen molar-refractivity contribution in [1.29, 1.82) is 0 Å². The lowest BCUT2D eigenvalue weighted by atomic mass is 10.2. The number of β-amino-alcohol motifs (C(OH)–C–C–N with tert-alkyl or cyclic N) is 1. The van der Waals surface area contributed by atoms with Crippen LogP contribution in [-0.2, 0) is 14.8 Å². The van der Waals surface area contributed by atoms with Crippen molar-refractivity contribution in [2.45, 2.75) is 17.4 Å². The number of sulfonamides is 1. The van der Waals surface area contributed by atoms with Crippen molar-refractivity contribution in [2.24, 2.45) is 0 Å². The van der Waals surface area contributed by atoms with Crippen LogP contribution >= 0.6 is 0 Å². The predicted molar refractivity (Wildman–Crippen MR) is 101 cm³/mol. The van der Waals surface area contributed by atoms with E-state index in [9.17, 15) is 31.5 Å². The van der Waals surface area contributed by atoms with Gasteiger partial charge >= 0.3 is 0 Å². The third-order valence-corrected chi connectivity index (χ3v) is 6.36. The molecule has 1 fully saturated rings. The number of nitrogens with zero attached hydrogens (tertiary/aromatic N) is 1. The van der Waals surface area contributed by atoms with Gasteiger partial charge in [0.1, 0.15) is 10.7 Å². The number of carbonyl (C=O) groups excluding carboxylic acids is 1. The lowest BCUT2D eigenvalue weighted by molar-refractivity contribution is 0.0423. The van der Waals surface area contributed by atoms with E-state index in [0.717, 1.165) is 40.7 Å². The first-order chi connectivity index (χ1) is 14.2. The number of rotatable bonds is 4. The largest absolute Gasteiger partial charge is 0.392 e. The fourth-order valence-corrected chi connectivity index (χ4v) is 4.43. The van der Waals surface area contributed by atoms with E-state index in [2.05, 4.69) is 5.32 Å². The van der Waals surface area contributed by atoms with Gasteiger partial charge in [0.05, 0.1) is 12.7 Å². The van der Waals surface area contributed by atoms with Crippen molar-refractivity contribution in [1.82, 2.24) is 4.31 Å². The van der Waals surface area contributed by atoms with E-state index in [1.54, 1.807) is 0 Å². The molecule has 1 unspecified atom stereocenters. The molecule has 1 aliphatic rings. The maximum absolute atomic E-state index is 14.4. The molecule has 0 aromatic heterocycles. The third-order valence-electron chi connectivity index (χ3n) is 4.48. The number of benzene rings is 2. The number of halogens is 3. The molecule has 1 aliphatic heterocycles. The quantitative estimate of drug-likeness (QED) is 0.753. The Morgan fingerprint density at radius 3 is 2.53 bits per heavy atom. The summed E-state index contributed by atoms with van der Waals surface area (Å²) in [5, 5.41) is 12.2. The minimum atomic E-state index is -4.38. The average molecular weight is 444 g/mol. The van der Waals surface area contributed by atoms with Crippen molar-refractivity contribution in [3.05, 3.63) is 59.4 Å². The van der Waals surface area contributed by atoms with Crippen molar-refractivity contribution in [2.75, 3.05) is 31.6 Å². The molecule has 0 bridgehead atoms. The summed E-state index contributed by atoms with van der Waals surface area (Å²) in [4.78, 5) is 11.7. The van der Waals surface area contributed by atoms with Crippen LogP contribution < -0.4 is 5.32 Å². The molecule has 1 saturated heterocycles. The van der Waals surface area contributed by atoms with Crippen molar-refractivity contribution in [3.8, 4) is 0 Å². The van der Waals surface area contributed by atoms with Crippen LogP contribution in [0.15, 0.2) is 41.3 Å². The number of ether oxygens (including phenoxy) is 1. The maximum Gasteiger partial charge on any atom is 0.255 e. The number of nitrogens with one attached hydrogen (secondary N) is 1. The molecule has 2 aromatic carbocycles. The van der Waals surface area contributed by atoms with E-state index < -0.39 is 44.4 Å². The molecule has 0 saturated carbocycles. The zero-order chi connectivity index (χ0) is 21.9. The van der Waals surface area contributed by atoms with Crippen LogP contribution in [-0.4, -0.2) is 56.1 Å². The maximum atomic E-state index is 14.4. The summed E-state index contributed by atoms with van der Waals surface area (Å²) in [6, 6.07) is 5.45. The second kappa shape index (κ2) is 9.13. The van der Waals surface area contributed by atoms with Crippen LogP contribution in [0.2, 0.25) is 0 Å². The highest BCUT2D eigenvalue weighted by atomic mass is 32.2. The molecule has 2 aromatic rings. The Balaban J connectivity index is 1.87. The molecule has 162 valence electrons. The first-order valence-electron chi connectivity index (χ1n) is 9.00. The third kappa shape index (κ3) is 4.98. The van der Waals surface area contributed by atoms with Crippen LogP contribution in [0.25, 0.3) is 0 Å². The predicted octanol–water partition coefficient (Wildman–Crippen LogP) is 2.13. The Kier molecular flexibility index (Phi) is 6.76. The minimum absolute atomic E-state index is 0.0586.